The molecule has 0 atom stereocenters. The molecule has 0 aromatic rings. The van der Waals surface area contributed by atoms with Crippen LogP contribution in [0.15, 0.2) is 0 Å². The van der Waals surface area contributed by atoms with Crippen LogP contribution in [-0.2, 0) is 4.79 Å². The summed E-state index contributed by atoms with van der Waals surface area (Å²) in [4.78, 5) is 27.8. The van der Waals surface area contributed by atoms with E-state index in [1.807, 2.05) is 16.7 Å². The summed E-state index contributed by atoms with van der Waals surface area (Å²) in [6.07, 6.45) is 7.40. The third kappa shape index (κ3) is 4.12. The Morgan fingerprint density at radius 2 is 1.60 bits per heavy atom. The topological polar surface area (TPSA) is 52.7 Å². The van der Waals surface area contributed by atoms with Crippen molar-refractivity contribution in [2.45, 2.75) is 57.9 Å². The molecule has 5 nitrogen and oxygen atoms in total. The molecule has 0 spiro atoms. The Morgan fingerprint density at radius 1 is 0.950 bits per heavy atom. The molecule has 20 heavy (non-hydrogen) atoms. The van der Waals surface area contributed by atoms with Crippen LogP contribution >= 0.6 is 0 Å². The second-order valence-electron chi connectivity index (χ2n) is 5.86. The first-order valence-corrected chi connectivity index (χ1v) is 8.04. The van der Waals surface area contributed by atoms with E-state index in [-0.39, 0.29) is 11.9 Å². The zero-order valence-electron chi connectivity index (χ0n) is 12.6. The predicted octanol–water partition coefficient (Wildman–Crippen LogP) is 1.97. The molecule has 1 saturated carbocycles. The van der Waals surface area contributed by atoms with E-state index >= 15 is 0 Å². The van der Waals surface area contributed by atoms with Crippen molar-refractivity contribution in [3.63, 3.8) is 0 Å². The van der Waals surface area contributed by atoms with Crippen LogP contribution in [0.4, 0.5) is 4.79 Å². The van der Waals surface area contributed by atoms with Gasteiger partial charge in [-0.15, -0.1) is 0 Å². The Hall–Kier alpha value is -1.26. The average Bonchev–Trinajstić information content (AvgIpc) is 2.73. The van der Waals surface area contributed by atoms with E-state index < -0.39 is 0 Å². The highest BCUT2D eigenvalue weighted by Crippen LogP contribution is 2.17. The van der Waals surface area contributed by atoms with Gasteiger partial charge < -0.3 is 15.1 Å². The lowest BCUT2D eigenvalue weighted by molar-refractivity contribution is -0.130. The van der Waals surface area contributed by atoms with E-state index in [2.05, 4.69) is 5.32 Å². The number of urea groups is 1. The molecule has 2 aliphatic rings. The molecule has 1 aliphatic heterocycles. The lowest BCUT2D eigenvalue weighted by Gasteiger charge is -2.27. The van der Waals surface area contributed by atoms with Crippen LogP contribution in [0, 0.1) is 0 Å². The summed E-state index contributed by atoms with van der Waals surface area (Å²) in [6.45, 7) is 4.75. The first-order chi connectivity index (χ1) is 9.70. The SMILES string of the molecule is CCC(=O)N1CCCN(C(=O)NC2CCCCC2)CC1. The summed E-state index contributed by atoms with van der Waals surface area (Å²) in [6, 6.07) is 0.413. The Morgan fingerprint density at radius 3 is 2.30 bits per heavy atom. The molecule has 0 bridgehead atoms. The molecule has 0 aromatic carbocycles. The van der Waals surface area contributed by atoms with Gasteiger partial charge in [-0.25, -0.2) is 4.79 Å². The van der Waals surface area contributed by atoms with E-state index in [9.17, 15) is 9.59 Å². The number of hydrogen-bond acceptors (Lipinski definition) is 2. The maximum Gasteiger partial charge on any atom is 0.317 e. The van der Waals surface area contributed by atoms with E-state index in [0.29, 0.717) is 25.6 Å². The number of nitrogens with one attached hydrogen (secondary N) is 1. The number of carbonyl (C=O) groups is 2. The molecule has 5 heteroatoms. The Balaban J connectivity index is 1.80. The van der Waals surface area contributed by atoms with Crippen molar-refractivity contribution in [2.24, 2.45) is 0 Å². The number of amides is 3. The summed E-state index contributed by atoms with van der Waals surface area (Å²) in [5.41, 5.74) is 0. The highest BCUT2D eigenvalue weighted by atomic mass is 16.2. The van der Waals surface area contributed by atoms with Crippen LogP contribution in [-0.4, -0.2) is 54.0 Å². The number of nitrogens with zero attached hydrogens (tertiary/aromatic N) is 2. The van der Waals surface area contributed by atoms with Crippen LogP contribution in [0.3, 0.4) is 0 Å². The molecular formula is C15H27N3O2. The minimum Gasteiger partial charge on any atom is -0.341 e. The average molecular weight is 281 g/mol. The third-order valence-electron chi connectivity index (χ3n) is 4.37. The second kappa shape index (κ2) is 7.50. The summed E-state index contributed by atoms with van der Waals surface area (Å²) in [7, 11) is 0. The number of rotatable bonds is 2. The fourth-order valence-electron chi connectivity index (χ4n) is 3.11. The highest BCUT2D eigenvalue weighted by molar-refractivity contribution is 5.77. The summed E-state index contributed by atoms with van der Waals surface area (Å²) < 4.78 is 0. The third-order valence-corrected chi connectivity index (χ3v) is 4.37. The molecule has 0 radical (unpaired) electrons. The molecule has 0 aromatic heterocycles. The van der Waals surface area contributed by atoms with Gasteiger partial charge in [-0.3, -0.25) is 4.79 Å². The van der Waals surface area contributed by atoms with Crippen molar-refractivity contribution >= 4 is 11.9 Å². The monoisotopic (exact) mass is 281 g/mol. The first kappa shape index (κ1) is 15.1. The first-order valence-electron chi connectivity index (χ1n) is 8.04. The van der Waals surface area contributed by atoms with Crippen molar-refractivity contribution < 1.29 is 9.59 Å². The van der Waals surface area contributed by atoms with Gasteiger partial charge in [0.15, 0.2) is 0 Å². The van der Waals surface area contributed by atoms with Crippen LogP contribution in [0.5, 0.6) is 0 Å². The Labute approximate surface area is 121 Å². The van der Waals surface area contributed by atoms with Crippen molar-refractivity contribution in [2.75, 3.05) is 26.2 Å². The van der Waals surface area contributed by atoms with Gasteiger partial charge in [0.05, 0.1) is 0 Å². The smallest absolute Gasteiger partial charge is 0.317 e. The molecule has 3 amide bonds. The molecule has 1 heterocycles. The van der Waals surface area contributed by atoms with E-state index in [4.69, 9.17) is 0 Å². The molecule has 1 aliphatic carbocycles. The fraction of sp³-hybridized carbons (Fsp3) is 0.867. The van der Waals surface area contributed by atoms with Crippen molar-refractivity contribution in [1.29, 1.82) is 0 Å². The van der Waals surface area contributed by atoms with Crippen LogP contribution in [0.1, 0.15) is 51.9 Å². The molecule has 2 fully saturated rings. The standard InChI is InChI=1S/C15H27N3O2/c1-2-14(19)17-9-6-10-18(12-11-17)15(20)16-13-7-4-3-5-8-13/h13H,2-12H2,1H3,(H,16,20). The maximum absolute atomic E-state index is 12.3. The number of carbonyl (C=O) groups excluding carboxylic acids is 2. The summed E-state index contributed by atoms with van der Waals surface area (Å²) in [5, 5.41) is 3.16. The molecule has 114 valence electrons. The number of hydrogen-bond donors (Lipinski definition) is 1. The van der Waals surface area contributed by atoms with Crippen LogP contribution in [0.25, 0.3) is 0 Å². The van der Waals surface area contributed by atoms with Gasteiger partial charge in [0, 0.05) is 38.6 Å². The molecular weight excluding hydrogens is 254 g/mol. The minimum absolute atomic E-state index is 0.0581. The fourth-order valence-corrected chi connectivity index (χ4v) is 3.11. The van der Waals surface area contributed by atoms with Gasteiger partial charge in [-0.05, 0) is 19.3 Å². The molecule has 0 unspecified atom stereocenters. The quantitative estimate of drug-likeness (QED) is 0.841. The molecule has 1 N–H and O–H groups in total. The Bertz CT molecular complexity index is 340. The van der Waals surface area contributed by atoms with Crippen LogP contribution < -0.4 is 5.32 Å². The van der Waals surface area contributed by atoms with E-state index in [1.165, 1.54) is 19.3 Å². The minimum atomic E-state index is 0.0581. The van der Waals surface area contributed by atoms with Crippen LogP contribution in [0.2, 0.25) is 0 Å². The normalized spacial score (nSPS) is 21.4. The highest BCUT2D eigenvalue weighted by Gasteiger charge is 2.23. The summed E-state index contributed by atoms with van der Waals surface area (Å²) in [5.74, 6) is 0.194. The lowest BCUT2D eigenvalue weighted by Crippen LogP contribution is -2.46. The second-order valence-corrected chi connectivity index (χ2v) is 5.86. The zero-order valence-corrected chi connectivity index (χ0v) is 12.6. The lowest BCUT2D eigenvalue weighted by atomic mass is 9.96. The summed E-state index contributed by atoms with van der Waals surface area (Å²) >= 11 is 0. The van der Waals surface area contributed by atoms with Gasteiger partial charge in [0.1, 0.15) is 0 Å². The van der Waals surface area contributed by atoms with Crippen molar-refractivity contribution in [3.8, 4) is 0 Å². The zero-order chi connectivity index (χ0) is 14.4. The van der Waals surface area contributed by atoms with Gasteiger partial charge in [-0.2, -0.15) is 0 Å². The van der Waals surface area contributed by atoms with Gasteiger partial charge in [0.2, 0.25) is 5.91 Å². The van der Waals surface area contributed by atoms with Gasteiger partial charge in [-0.1, -0.05) is 26.2 Å². The van der Waals surface area contributed by atoms with Crippen molar-refractivity contribution in [1.82, 2.24) is 15.1 Å². The Kier molecular flexibility index (Phi) is 5.68. The largest absolute Gasteiger partial charge is 0.341 e. The van der Waals surface area contributed by atoms with E-state index in [1.54, 1.807) is 0 Å². The predicted molar refractivity (Wildman–Crippen MR) is 78.5 cm³/mol. The maximum atomic E-state index is 12.3. The molecule has 2 rings (SSSR count). The molecule has 1 saturated heterocycles. The van der Waals surface area contributed by atoms with E-state index in [0.717, 1.165) is 32.4 Å². The van der Waals surface area contributed by atoms with Gasteiger partial charge >= 0.3 is 6.03 Å². The van der Waals surface area contributed by atoms with Gasteiger partial charge in [0.25, 0.3) is 0 Å². The van der Waals surface area contributed by atoms with Crippen molar-refractivity contribution in [3.05, 3.63) is 0 Å².